The minimum absolute atomic E-state index is 0.0103. The van der Waals surface area contributed by atoms with Crippen LogP contribution in [0, 0.1) is 11.8 Å². The molecule has 0 radical (unpaired) electrons. The van der Waals surface area contributed by atoms with Gasteiger partial charge in [0.2, 0.25) is 23.7 Å². The Morgan fingerprint density at radius 1 is 1.09 bits per heavy atom. The first-order chi connectivity index (χ1) is 15.5. The Bertz CT molecular complexity index is 932. The molecule has 0 saturated carbocycles. The molecule has 1 aliphatic rings. The van der Waals surface area contributed by atoms with Gasteiger partial charge in [0.05, 0.1) is 0 Å². The van der Waals surface area contributed by atoms with Gasteiger partial charge in [0.25, 0.3) is 0 Å². The summed E-state index contributed by atoms with van der Waals surface area (Å²) in [6, 6.07) is 4.93. The highest BCUT2D eigenvalue weighted by Gasteiger charge is 2.29. The highest BCUT2D eigenvalue weighted by Crippen LogP contribution is 2.37. The standard InChI is InChI=1S/C23H32N4O4S/c1-5-8-9-15(7-3)20(28)24-19(14(4)6-2)21(29)25-23-27-26-22(32-23)16-10-11-17-18(12-16)31-13-30-17/h10-12,14-15,19H,5-9,13H2,1-4H3,(H,24,28)(H,25,27,29). The Morgan fingerprint density at radius 2 is 1.88 bits per heavy atom. The number of ether oxygens (including phenoxy) is 2. The zero-order chi connectivity index (χ0) is 23.1. The molecule has 8 nitrogen and oxygen atoms in total. The lowest BCUT2D eigenvalue weighted by molar-refractivity contribution is -0.130. The zero-order valence-electron chi connectivity index (χ0n) is 19.1. The lowest BCUT2D eigenvalue weighted by atomic mass is 9.94. The first-order valence-electron chi connectivity index (χ1n) is 11.3. The van der Waals surface area contributed by atoms with Crippen LogP contribution in [0.4, 0.5) is 5.13 Å². The van der Waals surface area contributed by atoms with Crippen molar-refractivity contribution in [2.24, 2.45) is 11.8 Å². The van der Waals surface area contributed by atoms with E-state index < -0.39 is 6.04 Å². The fourth-order valence-electron chi connectivity index (χ4n) is 3.55. The Morgan fingerprint density at radius 3 is 2.59 bits per heavy atom. The van der Waals surface area contributed by atoms with E-state index in [4.69, 9.17) is 9.47 Å². The molecule has 0 saturated heterocycles. The molecule has 0 fully saturated rings. The lowest BCUT2D eigenvalue weighted by Crippen LogP contribution is -2.49. The summed E-state index contributed by atoms with van der Waals surface area (Å²) in [5.74, 6) is 0.947. The summed E-state index contributed by atoms with van der Waals surface area (Å²) >= 11 is 1.27. The van der Waals surface area contributed by atoms with Gasteiger partial charge in [0.15, 0.2) is 11.5 Å². The van der Waals surface area contributed by atoms with Crippen LogP contribution in [0.25, 0.3) is 10.6 Å². The van der Waals surface area contributed by atoms with E-state index in [-0.39, 0.29) is 30.4 Å². The number of benzene rings is 1. The molecule has 3 rings (SSSR count). The van der Waals surface area contributed by atoms with Gasteiger partial charge < -0.3 is 14.8 Å². The van der Waals surface area contributed by atoms with Gasteiger partial charge in [0.1, 0.15) is 11.0 Å². The number of aromatic nitrogens is 2. The van der Waals surface area contributed by atoms with E-state index >= 15 is 0 Å². The highest BCUT2D eigenvalue weighted by molar-refractivity contribution is 7.18. The summed E-state index contributed by atoms with van der Waals surface area (Å²) < 4.78 is 10.8. The van der Waals surface area contributed by atoms with E-state index in [0.29, 0.717) is 21.6 Å². The van der Waals surface area contributed by atoms with E-state index in [1.807, 2.05) is 39.0 Å². The molecule has 2 amide bonds. The number of nitrogens with zero attached hydrogens (tertiary/aromatic N) is 2. The van der Waals surface area contributed by atoms with Gasteiger partial charge in [-0.1, -0.05) is 58.3 Å². The SMILES string of the molecule is CCCCC(CC)C(=O)NC(C(=O)Nc1nnc(-c2ccc3c(c2)OCO3)s1)C(C)CC. The number of fused-ring (bicyclic) bond motifs is 1. The Hall–Kier alpha value is -2.68. The van der Waals surface area contributed by atoms with Crippen molar-refractivity contribution in [1.29, 1.82) is 0 Å². The fourth-order valence-corrected chi connectivity index (χ4v) is 4.29. The van der Waals surface area contributed by atoms with Crippen molar-refractivity contribution in [3.63, 3.8) is 0 Å². The molecule has 32 heavy (non-hydrogen) atoms. The van der Waals surface area contributed by atoms with Crippen LogP contribution in [-0.2, 0) is 9.59 Å². The fraction of sp³-hybridized carbons (Fsp3) is 0.565. The van der Waals surface area contributed by atoms with E-state index in [9.17, 15) is 9.59 Å². The Balaban J connectivity index is 1.68. The second kappa shape index (κ2) is 11.3. The normalized spacial score (nSPS) is 15.1. The molecule has 3 atom stereocenters. The molecule has 0 aliphatic carbocycles. The van der Waals surface area contributed by atoms with Gasteiger partial charge >= 0.3 is 0 Å². The van der Waals surface area contributed by atoms with Crippen LogP contribution in [0.3, 0.4) is 0 Å². The Labute approximate surface area is 193 Å². The van der Waals surface area contributed by atoms with Gasteiger partial charge in [-0.05, 0) is 37.0 Å². The summed E-state index contributed by atoms with van der Waals surface area (Å²) in [5.41, 5.74) is 0.834. The van der Waals surface area contributed by atoms with Gasteiger partial charge in [-0.15, -0.1) is 10.2 Å². The largest absolute Gasteiger partial charge is 0.454 e. The maximum absolute atomic E-state index is 13.0. The smallest absolute Gasteiger partial charge is 0.249 e. The van der Waals surface area contributed by atoms with Gasteiger partial charge in [0, 0.05) is 11.5 Å². The number of hydrogen-bond acceptors (Lipinski definition) is 7. The van der Waals surface area contributed by atoms with Crippen LogP contribution in [-0.4, -0.2) is 34.8 Å². The van der Waals surface area contributed by atoms with Gasteiger partial charge in [-0.3, -0.25) is 14.9 Å². The first-order valence-corrected chi connectivity index (χ1v) is 12.1. The van der Waals surface area contributed by atoms with Crippen molar-refractivity contribution in [1.82, 2.24) is 15.5 Å². The third-order valence-electron chi connectivity index (χ3n) is 5.84. The van der Waals surface area contributed by atoms with Crippen LogP contribution in [0.1, 0.15) is 59.8 Å². The second-order valence-electron chi connectivity index (χ2n) is 8.09. The third kappa shape index (κ3) is 5.76. The molecule has 0 spiro atoms. The van der Waals surface area contributed by atoms with E-state index in [1.54, 1.807) is 0 Å². The molecular formula is C23H32N4O4S. The topological polar surface area (TPSA) is 102 Å². The number of nitrogens with one attached hydrogen (secondary N) is 2. The van der Waals surface area contributed by atoms with Crippen LogP contribution in [0.2, 0.25) is 0 Å². The maximum Gasteiger partial charge on any atom is 0.249 e. The summed E-state index contributed by atoms with van der Waals surface area (Å²) in [7, 11) is 0. The van der Waals surface area contributed by atoms with Gasteiger partial charge in [-0.2, -0.15) is 0 Å². The zero-order valence-corrected chi connectivity index (χ0v) is 20.0. The predicted molar refractivity (Wildman–Crippen MR) is 125 cm³/mol. The molecule has 1 aromatic carbocycles. The minimum Gasteiger partial charge on any atom is -0.454 e. The van der Waals surface area contributed by atoms with Gasteiger partial charge in [-0.25, -0.2) is 0 Å². The van der Waals surface area contributed by atoms with Crippen LogP contribution in [0.15, 0.2) is 18.2 Å². The predicted octanol–water partition coefficient (Wildman–Crippen LogP) is 4.62. The number of unbranched alkanes of at least 4 members (excludes halogenated alkanes) is 1. The summed E-state index contributed by atoms with van der Waals surface area (Å²) in [6.45, 7) is 8.30. The van der Waals surface area contributed by atoms with Crippen molar-refractivity contribution < 1.29 is 19.1 Å². The van der Waals surface area contributed by atoms with Crippen molar-refractivity contribution in [3.8, 4) is 22.1 Å². The summed E-state index contributed by atoms with van der Waals surface area (Å²) in [5, 5.41) is 15.2. The van der Waals surface area contributed by atoms with Crippen LogP contribution < -0.4 is 20.1 Å². The van der Waals surface area contributed by atoms with E-state index in [2.05, 4.69) is 27.8 Å². The molecule has 9 heteroatoms. The van der Waals surface area contributed by atoms with Crippen molar-refractivity contribution >= 4 is 28.3 Å². The van der Waals surface area contributed by atoms with Crippen molar-refractivity contribution in [2.75, 3.05) is 12.1 Å². The first kappa shape index (κ1) is 24.0. The van der Waals surface area contributed by atoms with Crippen molar-refractivity contribution in [2.45, 2.75) is 65.8 Å². The number of carbonyl (C=O) groups is 2. The summed E-state index contributed by atoms with van der Waals surface area (Å²) in [6.07, 6.45) is 4.41. The average molecular weight is 461 g/mol. The molecular weight excluding hydrogens is 428 g/mol. The number of rotatable bonds is 11. The molecule has 2 aromatic rings. The number of carbonyl (C=O) groups excluding carboxylic acids is 2. The lowest BCUT2D eigenvalue weighted by Gasteiger charge is -2.25. The van der Waals surface area contributed by atoms with E-state index in [0.717, 1.165) is 37.7 Å². The monoisotopic (exact) mass is 460 g/mol. The second-order valence-corrected chi connectivity index (χ2v) is 9.07. The maximum atomic E-state index is 13.0. The average Bonchev–Trinajstić information content (AvgIpc) is 3.46. The number of amides is 2. The Kier molecular flexibility index (Phi) is 8.44. The molecule has 1 aliphatic heterocycles. The molecule has 0 bridgehead atoms. The third-order valence-corrected chi connectivity index (χ3v) is 6.73. The van der Waals surface area contributed by atoms with Crippen LogP contribution in [0.5, 0.6) is 11.5 Å². The highest BCUT2D eigenvalue weighted by atomic mass is 32.1. The molecule has 1 aromatic heterocycles. The minimum atomic E-state index is -0.624. The molecule has 174 valence electrons. The molecule has 2 N–H and O–H groups in total. The summed E-state index contributed by atoms with van der Waals surface area (Å²) in [4.78, 5) is 25.9. The van der Waals surface area contributed by atoms with Crippen LogP contribution >= 0.6 is 11.3 Å². The quantitative estimate of drug-likeness (QED) is 0.507. The molecule has 3 unspecified atom stereocenters. The van der Waals surface area contributed by atoms with Crippen molar-refractivity contribution in [3.05, 3.63) is 18.2 Å². The molecule has 2 heterocycles. The number of anilines is 1. The van der Waals surface area contributed by atoms with E-state index in [1.165, 1.54) is 11.3 Å². The number of hydrogen-bond donors (Lipinski definition) is 2.